The number of anilines is 2. The summed E-state index contributed by atoms with van der Waals surface area (Å²) in [6.45, 7) is 2.54. The van der Waals surface area contributed by atoms with Gasteiger partial charge >= 0.3 is 0 Å². The van der Waals surface area contributed by atoms with Gasteiger partial charge in [0.25, 0.3) is 0 Å². The SMILES string of the molecule is COc1ccc(N2C(N3CCOCC3)=NC(N)=NC2Nc2ccc(F)c(Cl)c2)cc1. The summed E-state index contributed by atoms with van der Waals surface area (Å²) in [7, 11) is 1.62. The number of hydrogen-bond acceptors (Lipinski definition) is 8. The van der Waals surface area contributed by atoms with Crippen LogP contribution >= 0.6 is 11.6 Å². The molecule has 2 aromatic rings. The van der Waals surface area contributed by atoms with E-state index in [1.165, 1.54) is 12.1 Å². The van der Waals surface area contributed by atoms with Crippen LogP contribution in [0.2, 0.25) is 5.02 Å². The van der Waals surface area contributed by atoms with Crippen LogP contribution in [0.4, 0.5) is 15.8 Å². The summed E-state index contributed by atoms with van der Waals surface area (Å²) < 4.78 is 24.3. The molecule has 2 aromatic carbocycles. The maximum Gasteiger partial charge on any atom is 0.222 e. The van der Waals surface area contributed by atoms with Crippen molar-refractivity contribution < 1.29 is 13.9 Å². The van der Waals surface area contributed by atoms with Crippen LogP contribution in [0.15, 0.2) is 52.4 Å². The van der Waals surface area contributed by atoms with Crippen LogP contribution in [0.1, 0.15) is 0 Å². The zero-order valence-electron chi connectivity index (χ0n) is 16.4. The van der Waals surface area contributed by atoms with Crippen molar-refractivity contribution in [3.63, 3.8) is 0 Å². The molecule has 1 atom stereocenters. The van der Waals surface area contributed by atoms with Crippen molar-refractivity contribution in [2.24, 2.45) is 15.7 Å². The molecule has 158 valence electrons. The summed E-state index contributed by atoms with van der Waals surface area (Å²) in [5.41, 5.74) is 7.49. The van der Waals surface area contributed by atoms with Crippen molar-refractivity contribution in [3.05, 3.63) is 53.3 Å². The number of benzene rings is 2. The molecule has 0 amide bonds. The van der Waals surface area contributed by atoms with E-state index in [1.54, 1.807) is 13.2 Å². The summed E-state index contributed by atoms with van der Waals surface area (Å²) >= 11 is 5.95. The van der Waals surface area contributed by atoms with E-state index < -0.39 is 12.1 Å². The first-order chi connectivity index (χ1) is 14.5. The van der Waals surface area contributed by atoms with Crippen LogP contribution in [0.3, 0.4) is 0 Å². The Labute approximate surface area is 178 Å². The maximum absolute atomic E-state index is 13.6. The van der Waals surface area contributed by atoms with E-state index in [9.17, 15) is 4.39 Å². The number of rotatable bonds is 4. The van der Waals surface area contributed by atoms with Crippen LogP contribution in [-0.4, -0.2) is 56.5 Å². The van der Waals surface area contributed by atoms with Gasteiger partial charge in [0.15, 0.2) is 0 Å². The second kappa shape index (κ2) is 8.76. The summed E-state index contributed by atoms with van der Waals surface area (Å²) in [6, 6.07) is 12.0. The fourth-order valence-corrected chi connectivity index (χ4v) is 3.48. The Balaban J connectivity index is 1.71. The van der Waals surface area contributed by atoms with Crippen LogP contribution in [-0.2, 0) is 4.74 Å². The molecule has 0 aliphatic carbocycles. The summed E-state index contributed by atoms with van der Waals surface area (Å²) in [5, 5.41) is 3.28. The van der Waals surface area contributed by atoms with Crippen LogP contribution in [0.25, 0.3) is 0 Å². The van der Waals surface area contributed by atoms with E-state index in [0.29, 0.717) is 38.0 Å². The van der Waals surface area contributed by atoms with Gasteiger partial charge in [0.2, 0.25) is 18.2 Å². The molecule has 1 fully saturated rings. The minimum Gasteiger partial charge on any atom is -0.497 e. The molecule has 2 aliphatic heterocycles. The largest absolute Gasteiger partial charge is 0.497 e. The second-order valence-electron chi connectivity index (χ2n) is 6.71. The standard InChI is InChI=1S/C20H22ClFN6O2/c1-29-15-5-3-14(4-6-15)28-19(24-13-2-7-17(22)16(21)12-13)25-18(23)26-20(28)27-8-10-30-11-9-27/h2-7,12,19,24H,8-11H2,1H3,(H2,23,25). The van der Waals surface area contributed by atoms with Gasteiger partial charge in [0.05, 0.1) is 25.3 Å². The highest BCUT2D eigenvalue weighted by Gasteiger charge is 2.32. The maximum atomic E-state index is 13.6. The molecular weight excluding hydrogens is 411 g/mol. The fraction of sp³-hybridized carbons (Fsp3) is 0.300. The second-order valence-corrected chi connectivity index (χ2v) is 7.12. The van der Waals surface area contributed by atoms with Crippen molar-refractivity contribution in [1.29, 1.82) is 0 Å². The molecular formula is C20H22ClFN6O2. The van der Waals surface area contributed by atoms with E-state index in [1.807, 2.05) is 29.2 Å². The van der Waals surface area contributed by atoms with E-state index in [-0.39, 0.29) is 11.0 Å². The van der Waals surface area contributed by atoms with Crippen LogP contribution in [0.5, 0.6) is 5.75 Å². The van der Waals surface area contributed by atoms with E-state index in [2.05, 4.69) is 20.2 Å². The third kappa shape index (κ3) is 4.27. The molecule has 0 spiro atoms. The number of nitrogens with zero attached hydrogens (tertiary/aromatic N) is 4. The first kappa shape index (κ1) is 20.2. The molecule has 2 heterocycles. The number of nitrogens with two attached hydrogens (primary N) is 1. The van der Waals surface area contributed by atoms with Crippen LogP contribution in [0, 0.1) is 5.82 Å². The number of aliphatic imine (C=N–C) groups is 2. The molecule has 4 rings (SSSR count). The zero-order chi connectivity index (χ0) is 21.1. The minimum absolute atomic E-state index is 0.0193. The van der Waals surface area contributed by atoms with Gasteiger partial charge < -0.3 is 25.4 Å². The normalized spacial score (nSPS) is 19.2. The molecule has 0 radical (unpaired) electrons. The van der Waals surface area contributed by atoms with E-state index >= 15 is 0 Å². The van der Waals surface area contributed by atoms with Crippen LogP contribution < -0.4 is 20.7 Å². The van der Waals surface area contributed by atoms with Gasteiger partial charge in [0.1, 0.15) is 11.6 Å². The molecule has 1 unspecified atom stereocenters. The molecule has 10 heteroatoms. The van der Waals surface area contributed by atoms with Gasteiger partial charge in [-0.25, -0.2) is 9.38 Å². The van der Waals surface area contributed by atoms with Crippen molar-refractivity contribution in [1.82, 2.24) is 4.90 Å². The predicted octanol–water partition coefficient (Wildman–Crippen LogP) is 2.71. The molecule has 1 saturated heterocycles. The highest BCUT2D eigenvalue weighted by Crippen LogP contribution is 2.27. The molecule has 0 bridgehead atoms. The summed E-state index contributed by atoms with van der Waals surface area (Å²) in [6.07, 6.45) is -0.615. The Morgan fingerprint density at radius 2 is 1.93 bits per heavy atom. The third-order valence-corrected chi connectivity index (χ3v) is 5.08. The average molecular weight is 433 g/mol. The fourth-order valence-electron chi connectivity index (χ4n) is 3.30. The number of halogens is 2. The van der Waals surface area contributed by atoms with Crippen molar-refractivity contribution in [2.45, 2.75) is 6.29 Å². The Hall–Kier alpha value is -3.04. The summed E-state index contributed by atoms with van der Waals surface area (Å²) in [4.78, 5) is 13.0. The molecule has 30 heavy (non-hydrogen) atoms. The lowest BCUT2D eigenvalue weighted by Gasteiger charge is -2.41. The molecule has 3 N–H and O–H groups in total. The lowest BCUT2D eigenvalue weighted by atomic mass is 10.2. The Kier molecular flexibility index (Phi) is 5.91. The minimum atomic E-state index is -0.615. The number of morpholine rings is 1. The highest BCUT2D eigenvalue weighted by atomic mass is 35.5. The monoisotopic (exact) mass is 432 g/mol. The lowest BCUT2D eigenvalue weighted by Crippen LogP contribution is -2.57. The third-order valence-electron chi connectivity index (χ3n) is 4.79. The van der Waals surface area contributed by atoms with Gasteiger partial charge in [-0.1, -0.05) is 11.6 Å². The molecule has 0 aromatic heterocycles. The molecule has 8 nitrogen and oxygen atoms in total. The van der Waals surface area contributed by atoms with Gasteiger partial charge in [-0.05, 0) is 42.5 Å². The molecule has 0 saturated carbocycles. The van der Waals surface area contributed by atoms with Crippen molar-refractivity contribution >= 4 is 34.9 Å². The Morgan fingerprint density at radius 3 is 2.60 bits per heavy atom. The van der Waals surface area contributed by atoms with Crippen molar-refractivity contribution in [2.75, 3.05) is 43.6 Å². The first-order valence-electron chi connectivity index (χ1n) is 9.44. The van der Waals surface area contributed by atoms with Crippen molar-refractivity contribution in [3.8, 4) is 5.75 Å². The number of ether oxygens (including phenoxy) is 2. The summed E-state index contributed by atoms with van der Waals surface area (Å²) in [5.74, 6) is 1.04. The Morgan fingerprint density at radius 1 is 1.20 bits per heavy atom. The number of methoxy groups -OCH3 is 1. The van der Waals surface area contributed by atoms with Gasteiger partial charge in [-0.15, -0.1) is 0 Å². The number of guanidine groups is 2. The topological polar surface area (TPSA) is 87.7 Å². The van der Waals surface area contributed by atoms with Gasteiger partial charge in [-0.2, -0.15) is 4.99 Å². The van der Waals surface area contributed by atoms with E-state index in [4.69, 9.17) is 26.8 Å². The highest BCUT2D eigenvalue weighted by molar-refractivity contribution is 6.31. The van der Waals surface area contributed by atoms with Gasteiger partial charge in [-0.3, -0.25) is 4.90 Å². The number of nitrogens with one attached hydrogen (secondary N) is 1. The first-order valence-corrected chi connectivity index (χ1v) is 9.82. The van der Waals surface area contributed by atoms with E-state index in [0.717, 1.165) is 11.4 Å². The Bertz CT molecular complexity index is 962. The lowest BCUT2D eigenvalue weighted by molar-refractivity contribution is 0.0671. The molecule has 2 aliphatic rings. The smallest absolute Gasteiger partial charge is 0.222 e. The number of hydrogen-bond donors (Lipinski definition) is 2. The van der Waals surface area contributed by atoms with Gasteiger partial charge in [0, 0.05) is 24.5 Å². The predicted molar refractivity (Wildman–Crippen MR) is 116 cm³/mol. The quantitative estimate of drug-likeness (QED) is 0.772. The zero-order valence-corrected chi connectivity index (χ0v) is 17.1. The average Bonchev–Trinajstić information content (AvgIpc) is 2.77.